The van der Waals surface area contributed by atoms with Gasteiger partial charge in [-0.2, -0.15) is 0 Å². The molecule has 1 aromatic heterocycles. The maximum atomic E-state index is 11.7. The first-order valence-electron chi connectivity index (χ1n) is 6.59. The van der Waals surface area contributed by atoms with Crippen molar-refractivity contribution in [1.82, 2.24) is 0 Å². The van der Waals surface area contributed by atoms with Crippen molar-refractivity contribution in [1.29, 1.82) is 0 Å². The Morgan fingerprint density at radius 3 is 2.30 bits per heavy atom. The topological polar surface area (TPSA) is 55.1 Å². The zero-order valence-corrected chi connectivity index (χ0v) is 12.8. The van der Waals surface area contributed by atoms with E-state index < -0.39 is 6.04 Å². The summed E-state index contributed by atoms with van der Waals surface area (Å²) in [6, 6.07) is 13.2. The van der Waals surface area contributed by atoms with Gasteiger partial charge in [0.2, 0.25) is 5.91 Å². The van der Waals surface area contributed by atoms with Crippen LogP contribution in [0.25, 0.3) is 0 Å². The molecule has 0 fully saturated rings. The second kappa shape index (κ2) is 5.67. The Bertz CT molecular complexity index is 584. The van der Waals surface area contributed by atoms with E-state index in [1.54, 1.807) is 11.3 Å². The van der Waals surface area contributed by atoms with Crippen LogP contribution in [-0.4, -0.2) is 5.91 Å². The molecule has 0 aliphatic rings. The third-order valence-electron chi connectivity index (χ3n) is 3.02. The Morgan fingerprint density at radius 2 is 1.80 bits per heavy atom. The average molecular weight is 288 g/mol. The van der Waals surface area contributed by atoms with Gasteiger partial charge in [-0.05, 0) is 29.7 Å². The highest BCUT2D eigenvalue weighted by Gasteiger charge is 2.23. The van der Waals surface area contributed by atoms with Gasteiger partial charge in [-0.25, -0.2) is 0 Å². The van der Waals surface area contributed by atoms with Gasteiger partial charge in [-0.3, -0.25) is 4.79 Å². The molecular formula is C16H20N2OS. The molecule has 0 aliphatic heterocycles. The number of nitrogens with one attached hydrogen (secondary N) is 1. The third kappa shape index (κ3) is 3.39. The molecule has 1 aromatic carbocycles. The Hall–Kier alpha value is -1.81. The van der Waals surface area contributed by atoms with Crippen LogP contribution < -0.4 is 11.1 Å². The second-order valence-electron chi connectivity index (χ2n) is 5.80. The summed E-state index contributed by atoms with van der Waals surface area (Å²) in [6.07, 6.45) is 0. The summed E-state index contributed by atoms with van der Waals surface area (Å²) in [5, 5.41) is 3.20. The molecule has 2 aromatic rings. The highest BCUT2D eigenvalue weighted by Crippen LogP contribution is 2.33. The van der Waals surface area contributed by atoms with Gasteiger partial charge >= 0.3 is 0 Å². The molecule has 1 heterocycles. The Balaban J connectivity index is 2.25. The Morgan fingerprint density at radius 1 is 1.15 bits per heavy atom. The van der Waals surface area contributed by atoms with Gasteiger partial charge < -0.3 is 11.1 Å². The van der Waals surface area contributed by atoms with Crippen molar-refractivity contribution in [2.24, 2.45) is 5.73 Å². The molecule has 0 aliphatic carbocycles. The van der Waals surface area contributed by atoms with E-state index >= 15 is 0 Å². The number of anilines is 1. The summed E-state index contributed by atoms with van der Waals surface area (Å²) in [7, 11) is 0. The first kappa shape index (κ1) is 14.6. The summed E-state index contributed by atoms with van der Waals surface area (Å²) >= 11 is 1.63. The number of amides is 1. The van der Waals surface area contributed by atoms with E-state index in [9.17, 15) is 4.79 Å². The number of hydrogen-bond acceptors (Lipinski definition) is 3. The minimum absolute atomic E-state index is 0.0812. The fraction of sp³-hybridized carbons (Fsp3) is 0.312. The monoisotopic (exact) mass is 288 g/mol. The normalized spacial score (nSPS) is 12.9. The molecule has 0 bridgehead atoms. The van der Waals surface area contributed by atoms with E-state index in [-0.39, 0.29) is 11.3 Å². The van der Waals surface area contributed by atoms with Crippen LogP contribution in [0.1, 0.15) is 36.6 Å². The van der Waals surface area contributed by atoms with Gasteiger partial charge in [0, 0.05) is 15.4 Å². The van der Waals surface area contributed by atoms with Gasteiger partial charge in [0.05, 0.1) is 0 Å². The molecule has 1 unspecified atom stereocenters. The van der Waals surface area contributed by atoms with E-state index in [0.717, 1.165) is 10.6 Å². The van der Waals surface area contributed by atoms with Crippen molar-refractivity contribution >= 4 is 22.9 Å². The number of thiophene rings is 1. The molecule has 0 saturated heterocycles. The molecule has 0 spiro atoms. The van der Waals surface area contributed by atoms with Crippen molar-refractivity contribution < 1.29 is 4.79 Å². The van der Waals surface area contributed by atoms with Crippen molar-refractivity contribution in [2.75, 3.05) is 5.32 Å². The van der Waals surface area contributed by atoms with Crippen LogP contribution in [0, 0.1) is 0 Å². The lowest BCUT2D eigenvalue weighted by atomic mass is 9.95. The summed E-state index contributed by atoms with van der Waals surface area (Å²) in [5.74, 6) is -0.365. The summed E-state index contributed by atoms with van der Waals surface area (Å²) < 4.78 is 0. The minimum atomic E-state index is -0.488. The predicted octanol–water partition coefficient (Wildman–Crippen LogP) is 3.68. The number of carbonyl (C=O) groups is 1. The number of benzene rings is 1. The van der Waals surface area contributed by atoms with Crippen LogP contribution in [0.5, 0.6) is 0 Å². The van der Waals surface area contributed by atoms with Gasteiger partial charge in [0.25, 0.3) is 0 Å². The Labute approximate surface area is 123 Å². The SMILES string of the molecule is CC(C)(C)c1ccc(C(Nc2ccccc2)C(N)=O)s1. The molecule has 106 valence electrons. The van der Waals surface area contributed by atoms with Crippen molar-refractivity contribution in [3.05, 3.63) is 52.2 Å². The molecule has 0 saturated carbocycles. The molecule has 20 heavy (non-hydrogen) atoms. The van der Waals surface area contributed by atoms with Crippen molar-refractivity contribution in [3.8, 4) is 0 Å². The third-order valence-corrected chi connectivity index (χ3v) is 4.60. The molecule has 3 N–H and O–H groups in total. The maximum Gasteiger partial charge on any atom is 0.245 e. The summed E-state index contributed by atoms with van der Waals surface area (Å²) in [5.41, 5.74) is 6.51. The number of carbonyl (C=O) groups excluding carboxylic acids is 1. The molecule has 0 radical (unpaired) electrons. The lowest BCUT2D eigenvalue weighted by molar-refractivity contribution is -0.118. The number of primary amides is 1. The van der Waals surface area contributed by atoms with E-state index in [1.165, 1.54) is 4.88 Å². The lowest BCUT2D eigenvalue weighted by Gasteiger charge is -2.17. The Kier molecular flexibility index (Phi) is 4.14. The number of rotatable bonds is 4. The van der Waals surface area contributed by atoms with Crippen molar-refractivity contribution in [2.45, 2.75) is 32.2 Å². The fourth-order valence-corrected chi connectivity index (χ4v) is 3.02. The van der Waals surface area contributed by atoms with E-state index in [0.29, 0.717) is 0 Å². The number of hydrogen-bond donors (Lipinski definition) is 2. The van der Waals surface area contributed by atoms with Gasteiger partial charge in [0.15, 0.2) is 0 Å². The maximum absolute atomic E-state index is 11.7. The molecule has 4 heteroatoms. The molecule has 2 rings (SSSR count). The van der Waals surface area contributed by atoms with Crippen LogP contribution in [-0.2, 0) is 10.2 Å². The first-order chi connectivity index (χ1) is 9.38. The predicted molar refractivity (Wildman–Crippen MR) is 85.0 cm³/mol. The standard InChI is InChI=1S/C16H20N2OS/c1-16(2,3)13-10-9-12(20-13)14(15(17)19)18-11-7-5-4-6-8-11/h4-10,14,18H,1-3H3,(H2,17,19). The van der Waals surface area contributed by atoms with Gasteiger partial charge in [-0.15, -0.1) is 11.3 Å². The van der Waals surface area contributed by atoms with Crippen LogP contribution in [0.3, 0.4) is 0 Å². The minimum Gasteiger partial charge on any atom is -0.369 e. The van der Waals surface area contributed by atoms with Crippen LogP contribution >= 0.6 is 11.3 Å². The van der Waals surface area contributed by atoms with Crippen LogP contribution in [0.15, 0.2) is 42.5 Å². The average Bonchev–Trinajstić information content (AvgIpc) is 2.86. The quantitative estimate of drug-likeness (QED) is 0.901. The van der Waals surface area contributed by atoms with Gasteiger partial charge in [-0.1, -0.05) is 39.0 Å². The molecule has 3 nitrogen and oxygen atoms in total. The van der Waals surface area contributed by atoms with Crippen molar-refractivity contribution in [3.63, 3.8) is 0 Å². The summed E-state index contributed by atoms with van der Waals surface area (Å²) in [4.78, 5) is 13.9. The fourth-order valence-electron chi connectivity index (χ4n) is 1.89. The first-order valence-corrected chi connectivity index (χ1v) is 7.40. The second-order valence-corrected chi connectivity index (χ2v) is 6.91. The van der Waals surface area contributed by atoms with E-state index in [1.807, 2.05) is 36.4 Å². The van der Waals surface area contributed by atoms with Crippen LogP contribution in [0.2, 0.25) is 0 Å². The van der Waals surface area contributed by atoms with E-state index in [4.69, 9.17) is 5.73 Å². The summed E-state index contributed by atoms with van der Waals surface area (Å²) in [6.45, 7) is 6.48. The number of nitrogens with two attached hydrogens (primary N) is 1. The highest BCUT2D eigenvalue weighted by atomic mass is 32.1. The zero-order chi connectivity index (χ0) is 14.8. The zero-order valence-electron chi connectivity index (χ0n) is 12.0. The van der Waals surface area contributed by atoms with Gasteiger partial charge in [0.1, 0.15) is 6.04 Å². The van der Waals surface area contributed by atoms with E-state index in [2.05, 4.69) is 32.2 Å². The lowest BCUT2D eigenvalue weighted by Crippen LogP contribution is -2.27. The number of para-hydroxylation sites is 1. The molecule has 1 amide bonds. The smallest absolute Gasteiger partial charge is 0.245 e. The highest BCUT2D eigenvalue weighted by molar-refractivity contribution is 7.12. The molecule has 1 atom stereocenters. The molecular weight excluding hydrogens is 268 g/mol. The van der Waals surface area contributed by atoms with Crippen LogP contribution in [0.4, 0.5) is 5.69 Å². The largest absolute Gasteiger partial charge is 0.369 e.